The molecule has 0 aromatic heterocycles. The lowest BCUT2D eigenvalue weighted by molar-refractivity contribution is -0.183. The lowest BCUT2D eigenvalue weighted by Crippen LogP contribution is -2.54. The number of aliphatic hydroxyl groups is 3. The molecule has 160 valence electrons. The third-order valence-electron chi connectivity index (χ3n) is 5.14. The molecule has 0 unspecified atom stereocenters. The number of nitrogens with one attached hydrogen (secondary N) is 1. The summed E-state index contributed by atoms with van der Waals surface area (Å²) in [6.45, 7) is -3.33. The molecular formula is C16H25ClF5NO4. The van der Waals surface area contributed by atoms with Gasteiger partial charge in [-0.3, -0.25) is 0 Å². The fraction of sp³-hybridized carbons (Fsp3) is 0.875. The average Bonchev–Trinajstić information content (AvgIpc) is 2.57. The van der Waals surface area contributed by atoms with Crippen molar-refractivity contribution in [3.63, 3.8) is 0 Å². The zero-order valence-corrected chi connectivity index (χ0v) is 15.2. The highest BCUT2D eigenvalue weighted by Gasteiger charge is 2.42. The molecule has 0 aromatic rings. The number of hydrogen-bond acceptors (Lipinski definition) is 5. The summed E-state index contributed by atoms with van der Waals surface area (Å²) < 4.78 is 66.5. The number of aliphatic hydroxyl groups excluding tert-OH is 3. The minimum Gasteiger partial charge on any atom is -0.388 e. The van der Waals surface area contributed by atoms with E-state index < -0.39 is 49.7 Å². The van der Waals surface area contributed by atoms with Crippen LogP contribution in [0, 0.1) is 11.8 Å². The Bertz CT molecular complexity index is 486. The minimum atomic E-state index is -4.18. The van der Waals surface area contributed by atoms with Crippen LogP contribution < -0.4 is 5.32 Å². The van der Waals surface area contributed by atoms with E-state index in [-0.39, 0.29) is 36.7 Å². The first-order valence-corrected chi connectivity index (χ1v) is 8.54. The van der Waals surface area contributed by atoms with Crippen LogP contribution >= 0.6 is 12.4 Å². The topological polar surface area (TPSA) is 82.0 Å². The first-order chi connectivity index (χ1) is 12.1. The Balaban J connectivity index is 0.00000364. The first-order valence-electron chi connectivity index (χ1n) is 8.54. The van der Waals surface area contributed by atoms with Crippen molar-refractivity contribution in [3.8, 4) is 0 Å². The molecule has 2 aliphatic rings. The van der Waals surface area contributed by atoms with Gasteiger partial charge in [0.1, 0.15) is 18.3 Å². The molecule has 0 aliphatic heterocycles. The van der Waals surface area contributed by atoms with Crippen LogP contribution in [0.5, 0.6) is 0 Å². The van der Waals surface area contributed by atoms with Gasteiger partial charge in [0.25, 0.3) is 0 Å². The summed E-state index contributed by atoms with van der Waals surface area (Å²) in [4.78, 5) is 0. The third kappa shape index (κ3) is 6.79. The van der Waals surface area contributed by atoms with Gasteiger partial charge in [0.15, 0.2) is 0 Å². The van der Waals surface area contributed by atoms with E-state index in [1.807, 2.05) is 0 Å². The number of hydrogen-bond donors (Lipinski definition) is 4. The van der Waals surface area contributed by atoms with Gasteiger partial charge in [-0.2, -0.15) is 22.0 Å². The van der Waals surface area contributed by atoms with Crippen molar-refractivity contribution in [1.29, 1.82) is 0 Å². The molecule has 0 spiro atoms. The molecule has 11 heteroatoms. The second-order valence-electron chi connectivity index (χ2n) is 6.93. The van der Waals surface area contributed by atoms with Gasteiger partial charge in [0.05, 0.1) is 18.6 Å². The Labute approximate surface area is 160 Å². The molecule has 27 heavy (non-hydrogen) atoms. The fourth-order valence-corrected chi connectivity index (χ4v) is 3.52. The second-order valence-corrected chi connectivity index (χ2v) is 6.93. The standard InChI is InChI=1S/C16H24F5NO4.ClH/c17-15(18)26-7-9-5-11(13(24)14(25)12(9)23)22-6-8-1-3-10(4-2-8)16(19,20)21;/h5,8,10-15,22-25H,1-4,6-7H2;1H/t8?,10?,11-,12+,13+,14+;/m1./s1. The summed E-state index contributed by atoms with van der Waals surface area (Å²) in [5, 5.41) is 32.7. The van der Waals surface area contributed by atoms with E-state index in [4.69, 9.17) is 0 Å². The van der Waals surface area contributed by atoms with E-state index in [1.165, 1.54) is 6.08 Å². The van der Waals surface area contributed by atoms with Crippen LogP contribution in [0.4, 0.5) is 22.0 Å². The summed E-state index contributed by atoms with van der Waals surface area (Å²) in [5.41, 5.74) is 0.0152. The van der Waals surface area contributed by atoms with Crippen molar-refractivity contribution in [2.45, 2.75) is 62.8 Å². The smallest absolute Gasteiger partial charge is 0.388 e. The lowest BCUT2D eigenvalue weighted by atomic mass is 9.81. The van der Waals surface area contributed by atoms with Gasteiger partial charge in [-0.1, -0.05) is 6.08 Å². The van der Waals surface area contributed by atoms with Crippen molar-refractivity contribution in [2.24, 2.45) is 11.8 Å². The largest absolute Gasteiger partial charge is 0.391 e. The van der Waals surface area contributed by atoms with Crippen LogP contribution in [0.25, 0.3) is 0 Å². The number of alkyl halides is 5. The highest BCUT2D eigenvalue weighted by molar-refractivity contribution is 5.85. The molecule has 5 nitrogen and oxygen atoms in total. The molecule has 0 saturated heterocycles. The Kier molecular flexibility index (Phi) is 9.36. The van der Waals surface area contributed by atoms with Gasteiger partial charge in [0.2, 0.25) is 0 Å². The summed E-state index contributed by atoms with van der Waals surface area (Å²) in [6.07, 6.45) is -6.45. The average molecular weight is 426 g/mol. The monoisotopic (exact) mass is 425 g/mol. The Morgan fingerprint density at radius 3 is 2.19 bits per heavy atom. The normalized spacial score (nSPS) is 34.9. The van der Waals surface area contributed by atoms with Crippen LogP contribution in [0.3, 0.4) is 0 Å². The van der Waals surface area contributed by atoms with Gasteiger partial charge >= 0.3 is 12.8 Å². The molecule has 0 radical (unpaired) electrons. The SMILES string of the molecule is Cl.O[C@@H]1[C@@H](O)[C@@H](O)C(COC(F)F)=C[C@H]1NCC1CCC(C(F)(F)F)CC1. The lowest BCUT2D eigenvalue weighted by Gasteiger charge is -2.36. The molecule has 1 saturated carbocycles. The molecule has 0 amide bonds. The molecule has 2 rings (SSSR count). The van der Waals surface area contributed by atoms with Crippen LogP contribution in [-0.4, -0.2) is 65.6 Å². The van der Waals surface area contributed by atoms with Crippen molar-refractivity contribution in [1.82, 2.24) is 5.32 Å². The van der Waals surface area contributed by atoms with E-state index in [1.54, 1.807) is 0 Å². The van der Waals surface area contributed by atoms with E-state index >= 15 is 0 Å². The van der Waals surface area contributed by atoms with E-state index in [0.717, 1.165) is 0 Å². The number of rotatable bonds is 6. The van der Waals surface area contributed by atoms with Gasteiger partial charge < -0.3 is 25.4 Å². The minimum absolute atomic E-state index is 0. The van der Waals surface area contributed by atoms with Crippen molar-refractivity contribution in [2.75, 3.05) is 13.2 Å². The van der Waals surface area contributed by atoms with E-state index in [9.17, 15) is 37.3 Å². The maximum atomic E-state index is 12.7. The zero-order valence-electron chi connectivity index (χ0n) is 14.4. The van der Waals surface area contributed by atoms with Crippen molar-refractivity contribution in [3.05, 3.63) is 11.6 Å². The molecule has 4 N–H and O–H groups in total. The van der Waals surface area contributed by atoms with Crippen molar-refractivity contribution < 1.29 is 42.0 Å². The molecule has 1 fully saturated rings. The van der Waals surface area contributed by atoms with Crippen LogP contribution in [-0.2, 0) is 4.74 Å². The fourth-order valence-electron chi connectivity index (χ4n) is 3.52. The number of ether oxygens (including phenoxy) is 1. The highest BCUT2D eigenvalue weighted by atomic mass is 35.5. The summed E-state index contributed by atoms with van der Waals surface area (Å²) in [5.74, 6) is -1.30. The summed E-state index contributed by atoms with van der Waals surface area (Å²) in [7, 11) is 0. The van der Waals surface area contributed by atoms with Crippen molar-refractivity contribution >= 4 is 12.4 Å². The van der Waals surface area contributed by atoms with Gasteiger partial charge in [0, 0.05) is 0 Å². The molecule has 0 heterocycles. The molecule has 0 aromatic carbocycles. The Hall–Kier alpha value is -0.520. The predicted octanol–water partition coefficient (Wildman–Crippen LogP) is 2.00. The Morgan fingerprint density at radius 2 is 1.67 bits per heavy atom. The van der Waals surface area contributed by atoms with Gasteiger partial charge in [-0.25, -0.2) is 0 Å². The van der Waals surface area contributed by atoms with Gasteiger partial charge in [-0.15, -0.1) is 12.4 Å². The number of halogens is 6. The van der Waals surface area contributed by atoms with E-state index in [0.29, 0.717) is 19.4 Å². The van der Waals surface area contributed by atoms with Crippen LogP contribution in [0.2, 0.25) is 0 Å². The first kappa shape index (κ1) is 24.5. The summed E-state index contributed by atoms with van der Waals surface area (Å²) in [6, 6.07) is -0.815. The zero-order chi connectivity index (χ0) is 19.5. The second kappa shape index (κ2) is 10.3. The quantitative estimate of drug-likeness (QED) is 0.386. The maximum absolute atomic E-state index is 12.7. The maximum Gasteiger partial charge on any atom is 0.391 e. The van der Waals surface area contributed by atoms with Gasteiger partial charge in [-0.05, 0) is 43.7 Å². The third-order valence-corrected chi connectivity index (χ3v) is 5.14. The van der Waals surface area contributed by atoms with Crippen LogP contribution in [0.1, 0.15) is 25.7 Å². The Morgan fingerprint density at radius 1 is 1.07 bits per heavy atom. The molecule has 2 aliphatic carbocycles. The predicted molar refractivity (Wildman–Crippen MR) is 88.6 cm³/mol. The molecule has 4 atom stereocenters. The van der Waals surface area contributed by atoms with Crippen LogP contribution in [0.15, 0.2) is 11.6 Å². The molecular weight excluding hydrogens is 401 g/mol. The van der Waals surface area contributed by atoms with E-state index in [2.05, 4.69) is 10.1 Å². The molecule has 0 bridgehead atoms. The highest BCUT2D eigenvalue weighted by Crippen LogP contribution is 2.39. The summed E-state index contributed by atoms with van der Waals surface area (Å²) >= 11 is 0.